The van der Waals surface area contributed by atoms with Gasteiger partial charge < -0.3 is 8.96 Å². The molecule has 116 heavy (non-hydrogen) atoms. The first-order valence-electron chi connectivity index (χ1n) is 31.7. The van der Waals surface area contributed by atoms with Crippen LogP contribution in [0.3, 0.4) is 0 Å². The Morgan fingerprint density at radius 2 is 0.388 bits per heavy atom. The van der Waals surface area contributed by atoms with E-state index in [4.69, 9.17) is 0 Å². The van der Waals surface area contributed by atoms with Gasteiger partial charge >= 0.3 is 12.6 Å². The molecule has 2 aliphatic rings. The molecule has 0 saturated carbocycles. The molecule has 42 heteroatoms. The van der Waals surface area contributed by atoms with Gasteiger partial charge in [0.2, 0.25) is 0 Å². The maximum atomic E-state index is 16.6. The standard InChI is InChI=1S/C60H12B2F30N4O4.2C7H7F/c63-27-21(28(64)40(76)51(87)39(27)75)61(22-29(65)41(77)52(88)42(78)30(22)66,23-31(67)43(79)53(89)44(80)32(23)68)93-9-1-3-13(11-93)95-57(97)15-5-7-17-20-18(8-6-16(19(15)20)58(95)98)60(100)96(59(17)99)14-4-2-10-94(12-14)62(24-33(69)45(81)54(90)46(82)34(24)70,25-35(71)47(83)55(91)48(84)36(25)72)26-37(73)49(85)56(92)50(86)38(26)74;2*1-6-2-4-7(8)5-3-6/h1-12H;2*2-5H,1H3. The van der Waals surface area contributed by atoms with Crippen LogP contribution in [0, 0.1) is 200 Å². The summed E-state index contributed by atoms with van der Waals surface area (Å²) < 4.78 is 496. The normalized spacial score (nSPS) is 12.8. The Labute approximate surface area is 623 Å². The van der Waals surface area contributed by atoms with Gasteiger partial charge in [-0.25, -0.2) is 150 Å². The van der Waals surface area contributed by atoms with E-state index in [1.807, 2.05) is 13.8 Å². The molecule has 8 nitrogen and oxygen atoms in total. The summed E-state index contributed by atoms with van der Waals surface area (Å²) >= 11 is 0. The van der Waals surface area contributed by atoms with Gasteiger partial charge in [-0.15, -0.1) is 0 Å². The van der Waals surface area contributed by atoms with Crippen LogP contribution in [-0.4, -0.2) is 36.2 Å². The van der Waals surface area contributed by atoms with E-state index < -0.39 is 297 Å². The van der Waals surface area contributed by atoms with Crippen LogP contribution in [0.5, 0.6) is 0 Å². The zero-order valence-corrected chi connectivity index (χ0v) is 56.2. The summed E-state index contributed by atoms with van der Waals surface area (Å²) in [5.74, 6) is -110. The quantitative estimate of drug-likeness (QED) is 0.0449. The van der Waals surface area contributed by atoms with Gasteiger partial charge in [-0.05, 0) is 119 Å². The summed E-state index contributed by atoms with van der Waals surface area (Å²) in [6, 6.07) is 16.0. The number of aryl methyl sites for hydroxylation is 2. The summed E-state index contributed by atoms with van der Waals surface area (Å²) in [6.45, 7) is 3.86. The SMILES string of the molecule is Cc1ccc(F)cc1.Cc1ccc(F)cc1.O=C1c2ccc3c4c(ccc(c24)C(=O)N1c1ccc[n+]([B-](c2c(F)c(F)c(F)c(F)c2F)(c2c(F)c(F)c(F)c(F)c2F)c2c(F)c(F)c(F)c(F)c2F)c1)C(=O)N(c1ccc[n+]([B-](c2c(F)c(F)c(F)c(F)c2F)(c2c(F)c(F)c(F)c(F)c2F)c2c(F)c(F)c(F)c(F)c2F)c1)C3=O. The number of nitrogens with zero attached hydrogens (tertiary/aromatic N) is 4. The van der Waals surface area contributed by atoms with Crippen LogP contribution in [0.2, 0.25) is 0 Å². The summed E-state index contributed by atoms with van der Waals surface area (Å²) in [5, 5.41) is -1.80. The maximum absolute atomic E-state index is 16.6. The molecule has 0 saturated heterocycles. The van der Waals surface area contributed by atoms with Crippen molar-refractivity contribution >= 4 is 91.1 Å². The molecule has 0 fully saturated rings. The van der Waals surface area contributed by atoms with E-state index in [-0.39, 0.29) is 58.4 Å². The highest BCUT2D eigenvalue weighted by Gasteiger charge is 2.60. The molecule has 10 aromatic carbocycles. The van der Waals surface area contributed by atoms with Crippen molar-refractivity contribution in [3.63, 3.8) is 0 Å². The van der Waals surface area contributed by atoms with E-state index >= 15 is 105 Å². The van der Waals surface area contributed by atoms with Gasteiger partial charge in [-0.1, -0.05) is 35.4 Å². The lowest BCUT2D eigenvalue weighted by Gasteiger charge is -2.38. The van der Waals surface area contributed by atoms with Crippen molar-refractivity contribution in [2.75, 3.05) is 9.80 Å². The predicted octanol–water partition coefficient (Wildman–Crippen LogP) is 14.5. The van der Waals surface area contributed by atoms with E-state index in [0.29, 0.717) is 36.4 Å². The van der Waals surface area contributed by atoms with Gasteiger partial charge in [0.1, 0.15) is 118 Å². The number of aromatic nitrogens is 2. The van der Waals surface area contributed by atoms with Crippen molar-refractivity contribution in [2.45, 2.75) is 13.8 Å². The average Bonchev–Trinajstić information content (AvgIpc) is 0.693. The minimum atomic E-state index is -6.65. The first kappa shape index (κ1) is 82.4. The number of hydrogen-bond donors (Lipinski definition) is 0. The van der Waals surface area contributed by atoms with Gasteiger partial charge in [0.15, 0.2) is 105 Å². The third-order valence-corrected chi connectivity index (χ3v) is 18.9. The molecule has 14 rings (SSSR count). The molecule has 4 heterocycles. The van der Waals surface area contributed by atoms with Crippen LogP contribution < -0.4 is 51.5 Å². The van der Waals surface area contributed by atoms with E-state index in [1.54, 1.807) is 24.3 Å². The van der Waals surface area contributed by atoms with Crippen molar-refractivity contribution < 1.29 is 169 Å². The number of anilines is 2. The fourth-order valence-electron chi connectivity index (χ4n) is 13.8. The summed E-state index contributed by atoms with van der Waals surface area (Å²) in [5.41, 5.74) is -23.8. The number of carbonyl (C=O) groups excluding carboxylic acids is 4. The van der Waals surface area contributed by atoms with Crippen molar-refractivity contribution in [2.24, 2.45) is 0 Å². The Kier molecular flexibility index (Phi) is 21.1. The molecule has 0 spiro atoms. The Morgan fingerprint density at radius 3 is 0.552 bits per heavy atom. The Morgan fingerprint density at radius 1 is 0.224 bits per heavy atom. The maximum Gasteiger partial charge on any atom is 0.377 e. The van der Waals surface area contributed by atoms with Crippen LogP contribution in [0.4, 0.5) is 152 Å². The first-order valence-corrected chi connectivity index (χ1v) is 31.7. The second-order valence-corrected chi connectivity index (χ2v) is 25.1. The second kappa shape index (κ2) is 29.7. The van der Waals surface area contributed by atoms with Gasteiger partial charge in [0, 0.05) is 33.0 Å². The van der Waals surface area contributed by atoms with Gasteiger partial charge in [-0.3, -0.25) is 19.2 Å². The molecule has 4 amide bonds. The lowest BCUT2D eigenvalue weighted by molar-refractivity contribution is -0.539. The molecule has 0 bridgehead atoms. The van der Waals surface area contributed by atoms with Crippen LogP contribution in [-0.2, 0) is 0 Å². The Hall–Kier alpha value is -13.1. The topological polar surface area (TPSA) is 82.5 Å². The molecular weight excluding hydrogens is 1640 g/mol. The highest BCUT2D eigenvalue weighted by atomic mass is 19.2. The number of carbonyl (C=O) groups is 4. The summed E-state index contributed by atoms with van der Waals surface area (Å²) in [7, 11) is 0. The molecule has 0 unspecified atom stereocenters. The monoisotopic (exact) mass is 1660 g/mol. The lowest BCUT2D eigenvalue weighted by Crippen LogP contribution is -2.88. The molecule has 2 aliphatic heterocycles. The first-order chi connectivity index (χ1) is 54.4. The van der Waals surface area contributed by atoms with E-state index in [0.717, 1.165) is 11.1 Å². The van der Waals surface area contributed by atoms with Crippen molar-refractivity contribution in [1.82, 2.24) is 0 Å². The zero-order valence-electron chi connectivity index (χ0n) is 56.2. The lowest BCUT2D eigenvalue weighted by atomic mass is 9.23. The smallest absolute Gasteiger partial charge is 0.377 e. The van der Waals surface area contributed by atoms with Gasteiger partial charge in [-0.2, -0.15) is 0 Å². The molecule has 596 valence electrons. The van der Waals surface area contributed by atoms with Gasteiger partial charge in [0.25, 0.3) is 23.6 Å². The minimum absolute atomic E-state index is 0.0924. The summed E-state index contributed by atoms with van der Waals surface area (Å²) in [4.78, 5) is 58.9. The fraction of sp³-hybridized carbons (Fsp3) is 0.0270. The Bertz CT molecular complexity index is 5360. The molecule has 2 aromatic heterocycles. The minimum Gasteiger partial charge on any atom is -0.413 e. The molecule has 0 N–H and O–H groups in total. The average molecular weight is 1660 g/mol. The van der Waals surface area contributed by atoms with Crippen molar-refractivity contribution in [3.05, 3.63) is 341 Å². The van der Waals surface area contributed by atoms with Gasteiger partial charge in [0.05, 0.1) is 0 Å². The number of pyridine rings is 2. The molecule has 0 atom stereocenters. The number of imide groups is 2. The van der Waals surface area contributed by atoms with E-state index in [1.165, 1.54) is 24.3 Å². The number of benzene rings is 10. The third kappa shape index (κ3) is 12.1. The van der Waals surface area contributed by atoms with Crippen LogP contribution in [0.25, 0.3) is 10.8 Å². The predicted molar refractivity (Wildman–Crippen MR) is 339 cm³/mol. The van der Waals surface area contributed by atoms with Crippen LogP contribution in [0.1, 0.15) is 52.6 Å². The van der Waals surface area contributed by atoms with Crippen molar-refractivity contribution in [1.29, 1.82) is 0 Å². The molecule has 0 radical (unpaired) electrons. The van der Waals surface area contributed by atoms with E-state index in [2.05, 4.69) is 0 Å². The van der Waals surface area contributed by atoms with Crippen LogP contribution in [0.15, 0.2) is 122 Å². The number of amides is 4. The highest BCUT2D eigenvalue weighted by molar-refractivity contribution is 7.06. The molecular formula is C74H26B2F32N4O4. The second-order valence-electron chi connectivity index (χ2n) is 25.1. The van der Waals surface area contributed by atoms with E-state index in [9.17, 15) is 54.3 Å². The highest BCUT2D eigenvalue weighted by Crippen LogP contribution is 2.41. The van der Waals surface area contributed by atoms with Crippen molar-refractivity contribution in [3.8, 4) is 0 Å². The Balaban J connectivity index is 0.000000692. The molecule has 12 aromatic rings. The summed E-state index contributed by atoms with van der Waals surface area (Å²) in [6.07, 6.45) is -14.0. The largest absolute Gasteiger partial charge is 0.413 e. The zero-order chi connectivity index (χ0) is 85.5. The third-order valence-electron chi connectivity index (χ3n) is 18.9. The fourth-order valence-corrected chi connectivity index (χ4v) is 13.8. The number of halogens is 32. The number of rotatable bonds is 10. The van der Waals surface area contributed by atoms with Crippen LogP contribution >= 0.6 is 0 Å². The molecule has 0 aliphatic carbocycles. The number of hydrogen-bond acceptors (Lipinski definition) is 4.